The molecule has 1 fully saturated rings. The summed E-state index contributed by atoms with van der Waals surface area (Å²) in [5.74, 6) is 0.864. The highest BCUT2D eigenvalue weighted by Gasteiger charge is 2.31. The molecule has 0 radical (unpaired) electrons. The second-order valence-corrected chi connectivity index (χ2v) is 9.90. The predicted molar refractivity (Wildman–Crippen MR) is 150 cm³/mol. The molecule has 0 saturated carbocycles. The monoisotopic (exact) mass is 524 g/mol. The molecule has 1 amide bonds. The maximum Gasteiger partial charge on any atom is 0.137 e. The molecular formula is C33H34NO5-. The van der Waals surface area contributed by atoms with Crippen molar-refractivity contribution in [2.45, 2.75) is 31.5 Å². The average Bonchev–Trinajstić information content (AvgIpc) is 2.98. The van der Waals surface area contributed by atoms with Crippen LogP contribution in [0.15, 0.2) is 97.1 Å². The third kappa shape index (κ3) is 7.37. The lowest BCUT2D eigenvalue weighted by atomic mass is 9.87. The zero-order valence-electron chi connectivity index (χ0n) is 22.0. The van der Waals surface area contributed by atoms with Crippen molar-refractivity contribution in [3.05, 3.63) is 114 Å². The average molecular weight is 525 g/mol. The Morgan fingerprint density at radius 2 is 1.59 bits per heavy atom. The fourth-order valence-corrected chi connectivity index (χ4v) is 5.13. The van der Waals surface area contributed by atoms with E-state index in [0.29, 0.717) is 45.9 Å². The van der Waals surface area contributed by atoms with Crippen molar-refractivity contribution in [1.82, 2.24) is 4.90 Å². The lowest BCUT2D eigenvalue weighted by Gasteiger charge is -2.40. The normalized spacial score (nSPS) is 17.3. The van der Waals surface area contributed by atoms with Gasteiger partial charge in [-0.15, -0.1) is 0 Å². The van der Waals surface area contributed by atoms with E-state index in [2.05, 4.69) is 54.6 Å². The van der Waals surface area contributed by atoms with Gasteiger partial charge in [0, 0.05) is 19.0 Å². The van der Waals surface area contributed by atoms with Crippen molar-refractivity contribution in [3.63, 3.8) is 0 Å². The minimum absolute atomic E-state index is 0.0800. The van der Waals surface area contributed by atoms with Crippen LogP contribution in [0.25, 0.3) is 10.8 Å². The molecule has 0 bridgehead atoms. The molecule has 1 heterocycles. The lowest BCUT2D eigenvalue weighted by Crippen LogP contribution is -2.51. The van der Waals surface area contributed by atoms with E-state index in [9.17, 15) is 9.90 Å². The quantitative estimate of drug-likeness (QED) is 0.252. The first-order valence-corrected chi connectivity index (χ1v) is 13.6. The first kappa shape index (κ1) is 26.7. The summed E-state index contributed by atoms with van der Waals surface area (Å²) in [5, 5.41) is 13.9. The van der Waals surface area contributed by atoms with E-state index < -0.39 is 6.09 Å². The Morgan fingerprint density at radius 3 is 2.38 bits per heavy atom. The summed E-state index contributed by atoms with van der Waals surface area (Å²) in [7, 11) is 0. The number of piperidine rings is 1. The number of ether oxygens (including phenoxy) is 3. The molecular weight excluding hydrogens is 490 g/mol. The van der Waals surface area contributed by atoms with Crippen LogP contribution >= 0.6 is 0 Å². The molecule has 0 N–H and O–H groups in total. The summed E-state index contributed by atoms with van der Waals surface area (Å²) in [6.07, 6.45) is 0.137. The number of fused-ring (bicyclic) bond motifs is 1. The fourth-order valence-electron chi connectivity index (χ4n) is 5.13. The topological polar surface area (TPSA) is 71.1 Å². The molecule has 0 aliphatic carbocycles. The number of benzene rings is 4. The van der Waals surface area contributed by atoms with Gasteiger partial charge in [0.05, 0.1) is 25.9 Å². The van der Waals surface area contributed by atoms with E-state index >= 15 is 0 Å². The number of carbonyl (C=O) groups is 1. The van der Waals surface area contributed by atoms with Crippen LogP contribution in [0.1, 0.15) is 29.0 Å². The van der Waals surface area contributed by atoms with Gasteiger partial charge in [-0.25, -0.2) is 0 Å². The number of carboxylic acid groups (broad SMARTS) is 1. The number of hydrogen-bond donors (Lipinski definition) is 0. The molecule has 0 aromatic heterocycles. The van der Waals surface area contributed by atoms with Crippen molar-refractivity contribution >= 4 is 16.9 Å². The Hall–Kier alpha value is -3.87. The summed E-state index contributed by atoms with van der Waals surface area (Å²) in [4.78, 5) is 12.9. The Kier molecular flexibility index (Phi) is 9.09. The Labute approximate surface area is 229 Å². The van der Waals surface area contributed by atoms with Crippen LogP contribution < -0.4 is 9.84 Å². The van der Waals surface area contributed by atoms with E-state index in [0.717, 1.165) is 28.7 Å². The third-order valence-electron chi connectivity index (χ3n) is 7.28. The largest absolute Gasteiger partial charge is 0.530 e. The van der Waals surface area contributed by atoms with Crippen LogP contribution in [0.4, 0.5) is 4.79 Å². The van der Waals surface area contributed by atoms with Gasteiger partial charge in [0.15, 0.2) is 0 Å². The van der Waals surface area contributed by atoms with Gasteiger partial charge < -0.3 is 29.0 Å². The van der Waals surface area contributed by atoms with Crippen LogP contribution in [0.2, 0.25) is 0 Å². The van der Waals surface area contributed by atoms with E-state index in [1.165, 1.54) is 15.8 Å². The molecule has 1 saturated heterocycles. The van der Waals surface area contributed by atoms with Crippen LogP contribution in [-0.4, -0.2) is 50.0 Å². The van der Waals surface area contributed by atoms with Crippen LogP contribution in [0.5, 0.6) is 5.75 Å². The molecule has 1 aliphatic heterocycles. The number of hydrogen-bond acceptors (Lipinski definition) is 5. The van der Waals surface area contributed by atoms with E-state index in [1.54, 1.807) is 0 Å². The van der Waals surface area contributed by atoms with Gasteiger partial charge in [-0.1, -0.05) is 78.9 Å². The van der Waals surface area contributed by atoms with E-state index in [1.807, 2.05) is 42.5 Å². The van der Waals surface area contributed by atoms with Crippen LogP contribution in [0.3, 0.4) is 0 Å². The minimum Gasteiger partial charge on any atom is -0.530 e. The van der Waals surface area contributed by atoms with Crippen molar-refractivity contribution in [3.8, 4) is 5.75 Å². The molecule has 0 spiro atoms. The number of carbonyl (C=O) groups excluding carboxylic acids is 1. The van der Waals surface area contributed by atoms with Crippen molar-refractivity contribution < 1.29 is 24.1 Å². The van der Waals surface area contributed by atoms with Crippen LogP contribution in [-0.2, 0) is 22.5 Å². The predicted octanol–water partition coefficient (Wildman–Crippen LogP) is 5.20. The molecule has 6 nitrogen and oxygen atoms in total. The highest BCUT2D eigenvalue weighted by molar-refractivity contribution is 5.82. The fraction of sp³-hybridized carbons (Fsp3) is 0.303. The van der Waals surface area contributed by atoms with E-state index in [-0.39, 0.29) is 12.0 Å². The third-order valence-corrected chi connectivity index (χ3v) is 7.28. The molecule has 39 heavy (non-hydrogen) atoms. The Balaban J connectivity index is 1.14. The highest BCUT2D eigenvalue weighted by Crippen LogP contribution is 2.32. The zero-order chi connectivity index (χ0) is 26.9. The van der Waals surface area contributed by atoms with Gasteiger partial charge in [-0.3, -0.25) is 0 Å². The Morgan fingerprint density at radius 1 is 0.821 bits per heavy atom. The van der Waals surface area contributed by atoms with Gasteiger partial charge in [-0.2, -0.15) is 0 Å². The van der Waals surface area contributed by atoms with Crippen molar-refractivity contribution in [1.29, 1.82) is 0 Å². The second kappa shape index (κ2) is 13.3. The maximum atomic E-state index is 11.6. The highest BCUT2D eigenvalue weighted by atomic mass is 16.5. The summed E-state index contributed by atoms with van der Waals surface area (Å²) in [6, 6.07) is 32.8. The molecule has 4 aromatic carbocycles. The summed E-state index contributed by atoms with van der Waals surface area (Å²) < 4.78 is 17.9. The SMILES string of the molecule is O=C([O-])N1CCC(c2ccc(OCCOCCc3ccccc3)cc2)C(OCc2ccc3ccccc3c2)C1. The number of amides is 1. The van der Waals surface area contributed by atoms with Crippen molar-refractivity contribution in [2.75, 3.05) is 32.9 Å². The summed E-state index contributed by atoms with van der Waals surface area (Å²) >= 11 is 0. The van der Waals surface area contributed by atoms with Crippen molar-refractivity contribution in [2.24, 2.45) is 0 Å². The van der Waals surface area contributed by atoms with E-state index in [4.69, 9.17) is 14.2 Å². The molecule has 2 unspecified atom stereocenters. The minimum atomic E-state index is -1.15. The zero-order valence-corrected chi connectivity index (χ0v) is 22.0. The number of rotatable bonds is 11. The smallest absolute Gasteiger partial charge is 0.137 e. The van der Waals surface area contributed by atoms with Gasteiger partial charge in [-0.05, 0) is 58.5 Å². The Bertz CT molecular complexity index is 1340. The lowest BCUT2D eigenvalue weighted by molar-refractivity contribution is -0.268. The van der Waals surface area contributed by atoms with Gasteiger partial charge in [0.2, 0.25) is 0 Å². The summed E-state index contributed by atoms with van der Waals surface area (Å²) in [6.45, 7) is 2.81. The standard InChI is InChI=1S/C33H35NO5/c35-33(36)34-18-16-31(32(23-34)39-24-26-10-11-27-8-4-5-9-29(27)22-26)28-12-14-30(15-13-28)38-21-20-37-19-17-25-6-2-1-3-7-25/h1-15,22,31-32H,16-21,23-24H2,(H,35,36)/p-1. The van der Waals surface area contributed by atoms with Gasteiger partial charge in [0.25, 0.3) is 0 Å². The van der Waals surface area contributed by atoms with Gasteiger partial charge in [0.1, 0.15) is 18.4 Å². The van der Waals surface area contributed by atoms with Crippen LogP contribution in [0, 0.1) is 0 Å². The molecule has 202 valence electrons. The molecule has 4 aromatic rings. The number of likely N-dealkylation sites (tertiary alicyclic amines) is 1. The first-order valence-electron chi connectivity index (χ1n) is 13.6. The maximum absolute atomic E-state index is 11.6. The number of nitrogens with zero attached hydrogens (tertiary/aromatic N) is 1. The molecule has 6 heteroatoms. The second-order valence-electron chi connectivity index (χ2n) is 9.90. The summed E-state index contributed by atoms with van der Waals surface area (Å²) in [5.41, 5.74) is 3.44. The molecule has 5 rings (SSSR count). The molecule has 2 atom stereocenters. The first-order chi connectivity index (χ1) is 19.2. The van der Waals surface area contributed by atoms with Gasteiger partial charge >= 0.3 is 0 Å². The molecule has 1 aliphatic rings.